The lowest BCUT2D eigenvalue weighted by Gasteiger charge is -2.09. The molecule has 1 aromatic carbocycles. The van der Waals surface area contributed by atoms with Crippen LogP contribution < -0.4 is 0 Å². The smallest absolute Gasteiger partial charge is 0.371 e. The number of nitrogens with one attached hydrogen (secondary N) is 1. The molecule has 0 aliphatic heterocycles. The number of Topliss-reactive ketones (excluding diaryl/α,β-unsaturated/α-hetero) is 1. The molecule has 0 aliphatic rings. The van der Waals surface area contributed by atoms with Gasteiger partial charge in [0.2, 0.25) is 11.6 Å². The van der Waals surface area contributed by atoms with Crippen LogP contribution in [0.2, 0.25) is 0 Å². The fraction of sp³-hybridized carbons (Fsp3) is 0.0556. The zero-order valence-corrected chi connectivity index (χ0v) is 13.9. The Morgan fingerprint density at radius 3 is 2.63 bits per heavy atom. The summed E-state index contributed by atoms with van der Waals surface area (Å²) in [6, 6.07) is 7.58. The summed E-state index contributed by atoms with van der Waals surface area (Å²) in [5, 5.41) is 29.9. The molecule has 9 heteroatoms. The molecule has 3 aromatic heterocycles. The molecule has 0 fully saturated rings. The Labute approximate surface area is 151 Å². The molecule has 0 radical (unpaired) electrons. The molecule has 0 bridgehead atoms. The van der Waals surface area contributed by atoms with Crippen LogP contribution in [0.3, 0.4) is 0 Å². The number of carbonyl (C=O) groups is 2. The Balaban J connectivity index is 2.04. The topological polar surface area (TPSA) is 142 Å². The average Bonchev–Trinajstić information content (AvgIpc) is 3.33. The van der Waals surface area contributed by atoms with Crippen LogP contribution in [-0.2, 0) is 0 Å². The van der Waals surface area contributed by atoms with Crippen molar-refractivity contribution in [2.75, 3.05) is 0 Å². The van der Waals surface area contributed by atoms with Crippen LogP contribution in [0.4, 0.5) is 0 Å². The van der Waals surface area contributed by atoms with E-state index < -0.39 is 23.4 Å². The number of aromatic nitrogens is 3. The number of fused-ring (bicyclic) bond motifs is 1. The summed E-state index contributed by atoms with van der Waals surface area (Å²) in [6.07, 6.45) is 1.51. The molecule has 0 spiro atoms. The molecule has 0 amide bonds. The SMILES string of the molecule is CC(=O)c1c(O)c(O)n(-c2ccc3nc[nH]c3c2)c1-c1ccc(C(=O)O)o1. The number of aromatic hydroxyl groups is 2. The highest BCUT2D eigenvalue weighted by Gasteiger charge is 2.29. The third kappa shape index (κ3) is 2.44. The molecule has 136 valence electrons. The van der Waals surface area contributed by atoms with E-state index >= 15 is 0 Å². The van der Waals surface area contributed by atoms with E-state index in [9.17, 15) is 19.8 Å². The van der Waals surface area contributed by atoms with E-state index in [0.29, 0.717) is 16.7 Å². The highest BCUT2D eigenvalue weighted by atomic mass is 16.4. The Hall–Kier alpha value is -4.01. The van der Waals surface area contributed by atoms with Crippen molar-refractivity contribution in [2.24, 2.45) is 0 Å². The van der Waals surface area contributed by atoms with Crippen molar-refractivity contribution in [1.82, 2.24) is 14.5 Å². The van der Waals surface area contributed by atoms with Crippen LogP contribution in [0.5, 0.6) is 11.6 Å². The number of benzene rings is 1. The number of hydrogen-bond acceptors (Lipinski definition) is 6. The maximum atomic E-state index is 12.1. The number of carboxylic acid groups (broad SMARTS) is 1. The molecule has 4 aromatic rings. The van der Waals surface area contributed by atoms with Gasteiger partial charge in [-0.2, -0.15) is 0 Å². The second-order valence-electron chi connectivity index (χ2n) is 5.86. The van der Waals surface area contributed by atoms with Crippen LogP contribution in [0.15, 0.2) is 41.1 Å². The van der Waals surface area contributed by atoms with Crippen LogP contribution >= 0.6 is 0 Å². The predicted octanol–water partition coefficient (Wildman–Crippen LogP) is 2.93. The van der Waals surface area contributed by atoms with Gasteiger partial charge in [-0.25, -0.2) is 9.78 Å². The fourth-order valence-electron chi connectivity index (χ4n) is 3.01. The van der Waals surface area contributed by atoms with Gasteiger partial charge in [-0.15, -0.1) is 0 Å². The lowest BCUT2D eigenvalue weighted by atomic mass is 10.1. The van der Waals surface area contributed by atoms with Crippen LogP contribution in [0, 0.1) is 0 Å². The minimum absolute atomic E-state index is 0.0120. The van der Waals surface area contributed by atoms with Crippen molar-refractivity contribution in [3.8, 4) is 28.8 Å². The summed E-state index contributed by atoms with van der Waals surface area (Å²) in [5.74, 6) is -3.31. The first-order valence-corrected chi connectivity index (χ1v) is 7.83. The Morgan fingerprint density at radius 1 is 1.19 bits per heavy atom. The molecule has 4 rings (SSSR count). The molecule has 0 aliphatic carbocycles. The van der Waals surface area contributed by atoms with Crippen molar-refractivity contribution >= 4 is 22.8 Å². The van der Waals surface area contributed by atoms with Gasteiger partial charge in [0.1, 0.15) is 5.69 Å². The van der Waals surface area contributed by atoms with Crippen LogP contribution in [0.25, 0.3) is 28.2 Å². The van der Waals surface area contributed by atoms with E-state index in [-0.39, 0.29) is 22.8 Å². The Bertz CT molecular complexity index is 1210. The van der Waals surface area contributed by atoms with E-state index in [0.717, 1.165) is 0 Å². The number of H-pyrrole nitrogens is 1. The van der Waals surface area contributed by atoms with E-state index in [1.807, 2.05) is 0 Å². The van der Waals surface area contributed by atoms with Crippen molar-refractivity contribution < 1.29 is 29.3 Å². The maximum absolute atomic E-state index is 12.1. The van der Waals surface area contributed by atoms with Gasteiger partial charge in [-0.3, -0.25) is 9.36 Å². The van der Waals surface area contributed by atoms with E-state index in [2.05, 4.69) is 9.97 Å². The minimum Gasteiger partial charge on any atom is -0.503 e. The van der Waals surface area contributed by atoms with Gasteiger partial charge in [-0.05, 0) is 37.3 Å². The van der Waals surface area contributed by atoms with Gasteiger partial charge in [-0.1, -0.05) is 0 Å². The third-order valence-corrected chi connectivity index (χ3v) is 4.19. The normalized spacial score (nSPS) is 11.1. The van der Waals surface area contributed by atoms with Gasteiger partial charge in [0.05, 0.1) is 28.6 Å². The molecule has 0 saturated heterocycles. The number of carboxylic acids is 1. The van der Waals surface area contributed by atoms with Crippen molar-refractivity contribution in [2.45, 2.75) is 6.92 Å². The summed E-state index contributed by atoms with van der Waals surface area (Å²) < 4.78 is 6.53. The van der Waals surface area contributed by atoms with Gasteiger partial charge < -0.3 is 24.7 Å². The second-order valence-corrected chi connectivity index (χ2v) is 5.86. The Morgan fingerprint density at radius 2 is 1.96 bits per heavy atom. The standard InChI is InChI=1S/C18H13N3O6/c1-8(22)14-15(12-4-5-13(27-12)18(25)26)21(17(24)16(14)23)9-2-3-10-11(6-9)20-7-19-10/h2-7,23-24H,1H3,(H,19,20)(H,25,26). The summed E-state index contributed by atoms with van der Waals surface area (Å²) in [7, 11) is 0. The zero-order chi connectivity index (χ0) is 19.3. The number of aromatic carboxylic acids is 1. The Kier molecular flexibility index (Phi) is 3.51. The molecule has 27 heavy (non-hydrogen) atoms. The first kappa shape index (κ1) is 16.5. The number of nitrogens with zero attached hydrogens (tertiary/aromatic N) is 2. The molecular formula is C18H13N3O6. The average molecular weight is 367 g/mol. The van der Waals surface area contributed by atoms with Crippen molar-refractivity contribution in [3.63, 3.8) is 0 Å². The van der Waals surface area contributed by atoms with Crippen LogP contribution in [0.1, 0.15) is 27.8 Å². The highest BCUT2D eigenvalue weighted by molar-refractivity contribution is 6.04. The number of hydrogen-bond donors (Lipinski definition) is 4. The highest BCUT2D eigenvalue weighted by Crippen LogP contribution is 2.43. The van der Waals surface area contributed by atoms with Crippen molar-refractivity contribution in [3.05, 3.63) is 48.0 Å². The van der Waals surface area contributed by atoms with Gasteiger partial charge >= 0.3 is 5.97 Å². The first-order valence-electron chi connectivity index (χ1n) is 7.83. The summed E-state index contributed by atoms with van der Waals surface area (Å²) in [5.41, 5.74) is 1.64. The minimum atomic E-state index is -1.28. The third-order valence-electron chi connectivity index (χ3n) is 4.19. The first-order chi connectivity index (χ1) is 12.9. The summed E-state index contributed by atoms with van der Waals surface area (Å²) >= 11 is 0. The number of furan rings is 1. The number of carbonyl (C=O) groups excluding carboxylic acids is 1. The summed E-state index contributed by atoms with van der Waals surface area (Å²) in [6.45, 7) is 1.22. The van der Waals surface area contributed by atoms with Gasteiger partial charge in [0.25, 0.3) is 0 Å². The molecule has 0 atom stereocenters. The number of aromatic amines is 1. The predicted molar refractivity (Wildman–Crippen MR) is 93.4 cm³/mol. The van der Waals surface area contributed by atoms with E-state index in [1.165, 1.54) is 30.0 Å². The lowest BCUT2D eigenvalue weighted by molar-refractivity contribution is 0.0663. The van der Waals surface area contributed by atoms with E-state index in [1.54, 1.807) is 18.2 Å². The second kappa shape index (κ2) is 5.77. The maximum Gasteiger partial charge on any atom is 0.371 e. The molecule has 9 nitrogen and oxygen atoms in total. The zero-order valence-electron chi connectivity index (χ0n) is 13.9. The van der Waals surface area contributed by atoms with Crippen molar-refractivity contribution in [1.29, 1.82) is 0 Å². The number of rotatable bonds is 4. The van der Waals surface area contributed by atoms with Gasteiger partial charge in [0, 0.05) is 0 Å². The monoisotopic (exact) mass is 367 g/mol. The molecular weight excluding hydrogens is 354 g/mol. The molecule has 3 heterocycles. The van der Waals surface area contributed by atoms with Gasteiger partial charge in [0.15, 0.2) is 17.3 Å². The molecule has 0 unspecified atom stereocenters. The van der Waals surface area contributed by atoms with Crippen LogP contribution in [-0.4, -0.2) is 41.6 Å². The lowest BCUT2D eigenvalue weighted by Crippen LogP contribution is -2.00. The largest absolute Gasteiger partial charge is 0.503 e. The fourth-order valence-corrected chi connectivity index (χ4v) is 3.01. The van der Waals surface area contributed by atoms with E-state index in [4.69, 9.17) is 9.52 Å². The summed E-state index contributed by atoms with van der Waals surface area (Å²) in [4.78, 5) is 30.3. The molecule has 0 saturated carbocycles. The quantitative estimate of drug-likeness (QED) is 0.406. The number of imidazole rings is 1. The number of ketones is 1. The molecule has 4 N–H and O–H groups in total.